The van der Waals surface area contributed by atoms with Crippen molar-refractivity contribution < 1.29 is 4.74 Å². The summed E-state index contributed by atoms with van der Waals surface area (Å²) in [4.78, 5) is 2.42. The van der Waals surface area contributed by atoms with Gasteiger partial charge in [0.1, 0.15) is 0 Å². The maximum atomic E-state index is 5.75. The van der Waals surface area contributed by atoms with Crippen LogP contribution in [0.2, 0.25) is 0 Å². The molecule has 3 nitrogen and oxygen atoms in total. The quantitative estimate of drug-likeness (QED) is 0.702. The molecule has 96 valence electrons. The number of nitrogens with zero attached hydrogens (tertiary/aromatic N) is 1. The topological polar surface area (TPSA) is 38.5 Å². The van der Waals surface area contributed by atoms with E-state index in [2.05, 4.69) is 30.0 Å². The summed E-state index contributed by atoms with van der Waals surface area (Å²) < 4.78 is 5.09. The highest BCUT2D eigenvalue weighted by Crippen LogP contribution is 2.11. The minimum absolute atomic E-state index is 0.617. The van der Waals surface area contributed by atoms with E-state index < -0.39 is 0 Å². The maximum absolute atomic E-state index is 5.75. The molecule has 0 aliphatic rings. The minimum atomic E-state index is 0.617. The summed E-state index contributed by atoms with van der Waals surface area (Å²) in [5, 5.41) is 0. The molecule has 0 aliphatic carbocycles. The summed E-state index contributed by atoms with van der Waals surface area (Å²) in [7, 11) is 1.75. The molecular weight excluding hydrogens is 212 g/mol. The first-order chi connectivity index (χ1) is 8.31. The van der Waals surface area contributed by atoms with E-state index in [9.17, 15) is 0 Å². The summed E-state index contributed by atoms with van der Waals surface area (Å²) in [5.41, 5.74) is 8.34. The first-order valence-corrected chi connectivity index (χ1v) is 6.30. The number of hydrogen-bond acceptors (Lipinski definition) is 3. The lowest BCUT2D eigenvalue weighted by Gasteiger charge is -2.21. The molecule has 0 aliphatic heterocycles. The molecular formula is C14H24N2O. The van der Waals surface area contributed by atoms with Crippen LogP contribution in [-0.2, 0) is 17.8 Å². The van der Waals surface area contributed by atoms with Crippen LogP contribution in [0.3, 0.4) is 0 Å². The van der Waals surface area contributed by atoms with E-state index in [1.54, 1.807) is 7.11 Å². The number of benzene rings is 1. The molecule has 0 radical (unpaired) electrons. The monoisotopic (exact) mass is 236 g/mol. The van der Waals surface area contributed by atoms with Gasteiger partial charge < -0.3 is 10.5 Å². The van der Waals surface area contributed by atoms with Gasteiger partial charge in [0.2, 0.25) is 0 Å². The standard InChI is InChI=1S/C14H24N2O/c1-3-16(9-6-10-17-2)12-14-8-5-4-7-13(14)11-15/h4-5,7-8H,3,6,9-12,15H2,1-2H3. The van der Waals surface area contributed by atoms with Crippen LogP contribution < -0.4 is 5.73 Å². The van der Waals surface area contributed by atoms with Crippen molar-refractivity contribution in [1.29, 1.82) is 0 Å². The Bertz CT molecular complexity index is 315. The zero-order chi connectivity index (χ0) is 12.5. The van der Waals surface area contributed by atoms with Gasteiger partial charge in [-0.2, -0.15) is 0 Å². The van der Waals surface area contributed by atoms with Crippen molar-refractivity contribution in [3.63, 3.8) is 0 Å². The van der Waals surface area contributed by atoms with Crippen molar-refractivity contribution in [3.05, 3.63) is 35.4 Å². The van der Waals surface area contributed by atoms with E-state index in [0.717, 1.165) is 32.7 Å². The minimum Gasteiger partial charge on any atom is -0.385 e. The van der Waals surface area contributed by atoms with E-state index >= 15 is 0 Å². The predicted molar refractivity (Wildman–Crippen MR) is 71.8 cm³/mol. The third-order valence-electron chi connectivity index (χ3n) is 3.00. The molecule has 0 saturated carbocycles. The summed E-state index contributed by atoms with van der Waals surface area (Å²) in [6.45, 7) is 6.75. The highest BCUT2D eigenvalue weighted by molar-refractivity contribution is 5.26. The Morgan fingerprint density at radius 1 is 1.24 bits per heavy atom. The number of hydrogen-bond donors (Lipinski definition) is 1. The Hall–Kier alpha value is -0.900. The van der Waals surface area contributed by atoms with Gasteiger partial charge in [-0.15, -0.1) is 0 Å². The second kappa shape index (κ2) is 8.23. The largest absolute Gasteiger partial charge is 0.385 e. The molecule has 1 aromatic rings. The van der Waals surface area contributed by atoms with Gasteiger partial charge in [0.25, 0.3) is 0 Å². The molecule has 17 heavy (non-hydrogen) atoms. The summed E-state index contributed by atoms with van der Waals surface area (Å²) in [6.07, 6.45) is 1.08. The molecule has 0 spiro atoms. The molecule has 0 atom stereocenters. The zero-order valence-electron chi connectivity index (χ0n) is 11.0. The van der Waals surface area contributed by atoms with Crippen LogP contribution in [0.25, 0.3) is 0 Å². The molecule has 0 bridgehead atoms. The fourth-order valence-corrected chi connectivity index (χ4v) is 1.93. The Balaban J connectivity index is 2.54. The highest BCUT2D eigenvalue weighted by atomic mass is 16.5. The predicted octanol–water partition coefficient (Wildman–Crippen LogP) is 2.00. The van der Waals surface area contributed by atoms with Gasteiger partial charge in [0.15, 0.2) is 0 Å². The molecule has 0 aromatic heterocycles. The van der Waals surface area contributed by atoms with Crippen LogP contribution in [0.5, 0.6) is 0 Å². The van der Waals surface area contributed by atoms with E-state index in [1.807, 2.05) is 6.07 Å². The molecule has 2 N–H and O–H groups in total. The van der Waals surface area contributed by atoms with Gasteiger partial charge in [-0.05, 0) is 24.1 Å². The second-order valence-electron chi connectivity index (χ2n) is 4.19. The first-order valence-electron chi connectivity index (χ1n) is 6.30. The molecule has 0 saturated heterocycles. The van der Waals surface area contributed by atoms with Crippen molar-refractivity contribution >= 4 is 0 Å². The average molecular weight is 236 g/mol. The number of ether oxygens (including phenoxy) is 1. The highest BCUT2D eigenvalue weighted by Gasteiger charge is 2.06. The lowest BCUT2D eigenvalue weighted by molar-refractivity contribution is 0.171. The van der Waals surface area contributed by atoms with Crippen LogP contribution in [0.15, 0.2) is 24.3 Å². The van der Waals surface area contributed by atoms with Crippen molar-refractivity contribution in [2.75, 3.05) is 26.8 Å². The third kappa shape index (κ3) is 4.86. The Morgan fingerprint density at radius 3 is 2.53 bits per heavy atom. The first kappa shape index (κ1) is 14.2. The van der Waals surface area contributed by atoms with E-state index in [0.29, 0.717) is 6.54 Å². The molecule has 1 rings (SSSR count). The number of rotatable bonds is 8. The Labute approximate surface area is 105 Å². The van der Waals surface area contributed by atoms with Crippen LogP contribution in [0.1, 0.15) is 24.5 Å². The van der Waals surface area contributed by atoms with Gasteiger partial charge in [-0.3, -0.25) is 4.90 Å². The molecule has 0 unspecified atom stereocenters. The summed E-state index contributed by atoms with van der Waals surface area (Å²) in [6, 6.07) is 8.41. The maximum Gasteiger partial charge on any atom is 0.0474 e. The number of nitrogens with two attached hydrogens (primary N) is 1. The molecule has 1 aromatic carbocycles. The molecule has 0 amide bonds. The van der Waals surface area contributed by atoms with Crippen LogP contribution in [0.4, 0.5) is 0 Å². The second-order valence-corrected chi connectivity index (χ2v) is 4.19. The van der Waals surface area contributed by atoms with Crippen molar-refractivity contribution in [2.24, 2.45) is 5.73 Å². The Kier molecular flexibility index (Phi) is 6.86. The molecule has 0 fully saturated rings. The fraction of sp³-hybridized carbons (Fsp3) is 0.571. The van der Waals surface area contributed by atoms with Gasteiger partial charge in [-0.25, -0.2) is 0 Å². The van der Waals surface area contributed by atoms with Crippen LogP contribution >= 0.6 is 0 Å². The lowest BCUT2D eigenvalue weighted by Crippen LogP contribution is -2.25. The van der Waals surface area contributed by atoms with Crippen molar-refractivity contribution in [2.45, 2.75) is 26.4 Å². The van der Waals surface area contributed by atoms with E-state index in [4.69, 9.17) is 10.5 Å². The smallest absolute Gasteiger partial charge is 0.0474 e. The SMILES string of the molecule is CCN(CCCOC)Cc1ccccc1CN. The van der Waals surface area contributed by atoms with Gasteiger partial charge in [0.05, 0.1) is 0 Å². The van der Waals surface area contributed by atoms with Gasteiger partial charge >= 0.3 is 0 Å². The number of methoxy groups -OCH3 is 1. The van der Waals surface area contributed by atoms with E-state index in [-0.39, 0.29) is 0 Å². The van der Waals surface area contributed by atoms with Crippen molar-refractivity contribution in [3.8, 4) is 0 Å². The van der Waals surface area contributed by atoms with E-state index in [1.165, 1.54) is 11.1 Å². The molecule has 0 heterocycles. The van der Waals surface area contributed by atoms with Gasteiger partial charge in [0, 0.05) is 33.4 Å². The normalized spacial score (nSPS) is 11.1. The summed E-state index contributed by atoms with van der Waals surface area (Å²) in [5.74, 6) is 0. The Morgan fingerprint density at radius 2 is 1.94 bits per heavy atom. The summed E-state index contributed by atoms with van der Waals surface area (Å²) >= 11 is 0. The lowest BCUT2D eigenvalue weighted by atomic mass is 10.1. The van der Waals surface area contributed by atoms with Gasteiger partial charge in [-0.1, -0.05) is 31.2 Å². The van der Waals surface area contributed by atoms with Crippen molar-refractivity contribution in [1.82, 2.24) is 4.90 Å². The molecule has 3 heteroatoms. The van der Waals surface area contributed by atoms with Crippen LogP contribution in [-0.4, -0.2) is 31.7 Å². The fourth-order valence-electron chi connectivity index (χ4n) is 1.93. The van der Waals surface area contributed by atoms with Crippen LogP contribution in [0, 0.1) is 0 Å². The zero-order valence-corrected chi connectivity index (χ0v) is 11.0. The third-order valence-corrected chi connectivity index (χ3v) is 3.00. The average Bonchev–Trinajstić information content (AvgIpc) is 2.38.